The SMILES string of the molecule is C[C@H](C(=O)O)n1ccccc1=O. The Morgan fingerprint density at radius 2 is 2.25 bits per heavy atom. The molecule has 12 heavy (non-hydrogen) atoms. The molecule has 0 bridgehead atoms. The van der Waals surface area contributed by atoms with Crippen LogP contribution in [0.4, 0.5) is 0 Å². The molecular weight excluding hydrogens is 158 g/mol. The van der Waals surface area contributed by atoms with Gasteiger partial charge in [0, 0.05) is 12.3 Å². The third-order valence-electron chi connectivity index (χ3n) is 1.63. The minimum Gasteiger partial charge on any atom is -0.480 e. The van der Waals surface area contributed by atoms with Crippen LogP contribution >= 0.6 is 0 Å². The van der Waals surface area contributed by atoms with Crippen molar-refractivity contribution < 1.29 is 9.90 Å². The Morgan fingerprint density at radius 3 is 2.75 bits per heavy atom. The largest absolute Gasteiger partial charge is 0.480 e. The average Bonchev–Trinajstić information content (AvgIpc) is 2.04. The highest BCUT2D eigenvalue weighted by atomic mass is 16.4. The quantitative estimate of drug-likeness (QED) is 0.697. The lowest BCUT2D eigenvalue weighted by atomic mass is 10.3. The van der Waals surface area contributed by atoms with Crippen molar-refractivity contribution >= 4 is 5.97 Å². The Morgan fingerprint density at radius 1 is 1.58 bits per heavy atom. The Kier molecular flexibility index (Phi) is 2.28. The number of carbonyl (C=O) groups is 1. The average molecular weight is 167 g/mol. The van der Waals surface area contributed by atoms with E-state index in [1.807, 2.05) is 0 Å². The first-order valence-electron chi connectivity index (χ1n) is 3.53. The zero-order valence-electron chi connectivity index (χ0n) is 6.60. The van der Waals surface area contributed by atoms with Crippen LogP contribution in [-0.4, -0.2) is 15.6 Å². The van der Waals surface area contributed by atoms with Crippen LogP contribution in [0.2, 0.25) is 0 Å². The molecule has 0 unspecified atom stereocenters. The summed E-state index contributed by atoms with van der Waals surface area (Å²) in [6.45, 7) is 1.46. The zero-order chi connectivity index (χ0) is 9.14. The topological polar surface area (TPSA) is 59.3 Å². The van der Waals surface area contributed by atoms with Crippen molar-refractivity contribution in [1.29, 1.82) is 0 Å². The summed E-state index contributed by atoms with van der Waals surface area (Å²) in [6.07, 6.45) is 1.46. The lowest BCUT2D eigenvalue weighted by Crippen LogP contribution is -2.26. The third kappa shape index (κ3) is 1.53. The van der Waals surface area contributed by atoms with E-state index < -0.39 is 12.0 Å². The van der Waals surface area contributed by atoms with Crippen LogP contribution < -0.4 is 5.56 Å². The summed E-state index contributed by atoms with van der Waals surface area (Å²) in [5.74, 6) is -1.01. The number of aromatic nitrogens is 1. The highest BCUT2D eigenvalue weighted by molar-refractivity contribution is 5.71. The monoisotopic (exact) mass is 167 g/mol. The lowest BCUT2D eigenvalue weighted by molar-refractivity contribution is -0.140. The van der Waals surface area contributed by atoms with Crippen molar-refractivity contribution in [2.45, 2.75) is 13.0 Å². The van der Waals surface area contributed by atoms with Crippen LogP contribution in [0.5, 0.6) is 0 Å². The van der Waals surface area contributed by atoms with E-state index >= 15 is 0 Å². The molecule has 0 saturated carbocycles. The molecule has 4 heteroatoms. The molecule has 1 atom stereocenters. The number of carboxylic acid groups (broad SMARTS) is 1. The maximum atomic E-state index is 11.1. The van der Waals surface area contributed by atoms with Crippen LogP contribution in [0, 0.1) is 0 Å². The molecule has 0 fully saturated rings. The molecule has 0 aliphatic rings. The number of hydrogen-bond donors (Lipinski definition) is 1. The smallest absolute Gasteiger partial charge is 0.326 e. The summed E-state index contributed by atoms with van der Waals surface area (Å²) in [5, 5.41) is 8.60. The van der Waals surface area contributed by atoms with Gasteiger partial charge in [0.2, 0.25) is 0 Å². The first-order valence-corrected chi connectivity index (χ1v) is 3.53. The maximum absolute atomic E-state index is 11.1. The van der Waals surface area contributed by atoms with Gasteiger partial charge in [-0.2, -0.15) is 0 Å². The first kappa shape index (κ1) is 8.52. The molecule has 1 N–H and O–H groups in total. The van der Waals surface area contributed by atoms with Gasteiger partial charge in [0.05, 0.1) is 0 Å². The normalized spacial score (nSPS) is 12.4. The highest BCUT2D eigenvalue weighted by Crippen LogP contribution is 1.99. The van der Waals surface area contributed by atoms with E-state index in [4.69, 9.17) is 5.11 Å². The molecule has 64 valence electrons. The van der Waals surface area contributed by atoms with E-state index in [9.17, 15) is 9.59 Å². The number of rotatable bonds is 2. The van der Waals surface area contributed by atoms with Gasteiger partial charge < -0.3 is 9.67 Å². The molecule has 1 aromatic rings. The summed E-state index contributed by atoms with van der Waals surface area (Å²) < 4.78 is 1.17. The second-order valence-corrected chi connectivity index (χ2v) is 2.46. The summed E-state index contributed by atoms with van der Waals surface area (Å²) in [7, 11) is 0. The summed E-state index contributed by atoms with van der Waals surface area (Å²) in [4.78, 5) is 21.6. The van der Waals surface area contributed by atoms with Gasteiger partial charge in [-0.05, 0) is 13.0 Å². The number of pyridine rings is 1. The van der Waals surface area contributed by atoms with E-state index in [2.05, 4.69) is 0 Å². The predicted octanol–water partition coefficient (Wildman–Crippen LogP) is 0.494. The van der Waals surface area contributed by atoms with Gasteiger partial charge in [0.1, 0.15) is 6.04 Å². The fourth-order valence-electron chi connectivity index (χ4n) is 0.879. The maximum Gasteiger partial charge on any atom is 0.326 e. The molecular formula is C8H9NO3. The van der Waals surface area contributed by atoms with Crippen LogP contribution in [-0.2, 0) is 4.79 Å². The predicted molar refractivity (Wildman–Crippen MR) is 43.0 cm³/mol. The van der Waals surface area contributed by atoms with Gasteiger partial charge in [-0.1, -0.05) is 6.07 Å². The third-order valence-corrected chi connectivity index (χ3v) is 1.63. The highest BCUT2D eigenvalue weighted by Gasteiger charge is 2.12. The van der Waals surface area contributed by atoms with Crippen LogP contribution in [0.3, 0.4) is 0 Å². The molecule has 0 aromatic carbocycles. The molecule has 0 spiro atoms. The van der Waals surface area contributed by atoms with E-state index in [1.165, 1.54) is 23.8 Å². The van der Waals surface area contributed by atoms with Crippen molar-refractivity contribution in [2.75, 3.05) is 0 Å². The molecule has 0 amide bonds. The van der Waals surface area contributed by atoms with E-state index in [1.54, 1.807) is 12.1 Å². The van der Waals surface area contributed by atoms with Gasteiger partial charge >= 0.3 is 5.97 Å². The summed E-state index contributed by atoms with van der Waals surface area (Å²) >= 11 is 0. The van der Waals surface area contributed by atoms with Crippen molar-refractivity contribution in [1.82, 2.24) is 4.57 Å². The van der Waals surface area contributed by atoms with E-state index in [-0.39, 0.29) is 5.56 Å². The number of carboxylic acids is 1. The fraction of sp³-hybridized carbons (Fsp3) is 0.250. The van der Waals surface area contributed by atoms with Crippen molar-refractivity contribution in [3.05, 3.63) is 34.7 Å². The molecule has 0 radical (unpaired) electrons. The molecule has 1 aromatic heterocycles. The molecule has 4 nitrogen and oxygen atoms in total. The summed E-state index contributed by atoms with van der Waals surface area (Å²) in [6, 6.07) is 3.73. The molecule has 1 rings (SSSR count). The van der Waals surface area contributed by atoms with Crippen molar-refractivity contribution in [3.8, 4) is 0 Å². The first-order chi connectivity index (χ1) is 5.63. The van der Waals surface area contributed by atoms with Crippen LogP contribution in [0.15, 0.2) is 29.2 Å². The fourth-order valence-corrected chi connectivity index (χ4v) is 0.879. The molecule has 0 saturated heterocycles. The van der Waals surface area contributed by atoms with Gasteiger partial charge in [0.25, 0.3) is 5.56 Å². The Hall–Kier alpha value is -1.58. The minimum atomic E-state index is -1.01. The van der Waals surface area contributed by atoms with E-state index in [0.29, 0.717) is 0 Å². The van der Waals surface area contributed by atoms with Gasteiger partial charge in [-0.25, -0.2) is 4.79 Å². The number of aliphatic carboxylic acids is 1. The second-order valence-electron chi connectivity index (χ2n) is 2.46. The molecule has 0 aliphatic heterocycles. The van der Waals surface area contributed by atoms with Gasteiger partial charge in [-0.3, -0.25) is 4.79 Å². The second kappa shape index (κ2) is 3.21. The molecule has 1 heterocycles. The van der Waals surface area contributed by atoms with Crippen molar-refractivity contribution in [2.24, 2.45) is 0 Å². The van der Waals surface area contributed by atoms with Gasteiger partial charge in [0.15, 0.2) is 0 Å². The summed E-state index contributed by atoms with van der Waals surface area (Å²) in [5.41, 5.74) is -0.299. The minimum absolute atomic E-state index is 0.299. The van der Waals surface area contributed by atoms with Gasteiger partial charge in [-0.15, -0.1) is 0 Å². The Bertz CT molecular complexity index is 342. The van der Waals surface area contributed by atoms with Crippen LogP contribution in [0.1, 0.15) is 13.0 Å². The van der Waals surface area contributed by atoms with E-state index in [0.717, 1.165) is 0 Å². The van der Waals surface area contributed by atoms with Crippen molar-refractivity contribution in [3.63, 3.8) is 0 Å². The standard InChI is InChI=1S/C8H9NO3/c1-6(8(11)12)9-5-3-2-4-7(9)10/h2-6H,1H3,(H,11,12)/t6-/m1/s1. The lowest BCUT2D eigenvalue weighted by Gasteiger charge is -2.08. The Balaban J connectivity index is 3.11. The molecule has 0 aliphatic carbocycles. The number of hydrogen-bond acceptors (Lipinski definition) is 2. The number of nitrogens with zero attached hydrogens (tertiary/aromatic N) is 1. The zero-order valence-corrected chi connectivity index (χ0v) is 6.60. The Labute approximate surface area is 69.1 Å². The van der Waals surface area contributed by atoms with Crippen LogP contribution in [0.25, 0.3) is 0 Å².